The molecule has 2 N–H and O–H groups in total. The molecule has 0 aliphatic carbocycles. The second-order valence-corrected chi connectivity index (χ2v) is 4.23. The second-order valence-electron chi connectivity index (χ2n) is 4.23. The van der Waals surface area contributed by atoms with Gasteiger partial charge in [-0.15, -0.1) is 0 Å². The van der Waals surface area contributed by atoms with Crippen molar-refractivity contribution < 1.29 is 0 Å². The molecule has 1 aromatic heterocycles. The Hall–Kier alpha value is -1.61. The zero-order chi connectivity index (χ0) is 12.1. The molecule has 0 saturated carbocycles. The molecule has 90 valence electrons. The van der Waals surface area contributed by atoms with E-state index in [2.05, 4.69) is 53.4 Å². The van der Waals surface area contributed by atoms with Gasteiger partial charge in [0.05, 0.1) is 6.04 Å². The van der Waals surface area contributed by atoms with Gasteiger partial charge in [-0.25, -0.2) is 4.98 Å². The first-order valence-electron chi connectivity index (χ1n) is 6.11. The van der Waals surface area contributed by atoms with Crippen molar-refractivity contribution in [1.29, 1.82) is 0 Å². The fraction of sp³-hybridized carbons (Fsp3) is 0.357. The molecule has 0 saturated heterocycles. The molecule has 2 unspecified atom stereocenters. The lowest BCUT2D eigenvalue weighted by atomic mass is 10.1. The van der Waals surface area contributed by atoms with Crippen molar-refractivity contribution in [2.24, 2.45) is 0 Å². The third kappa shape index (κ3) is 2.94. The minimum absolute atomic E-state index is 0.278. The van der Waals surface area contributed by atoms with Crippen molar-refractivity contribution in [3.63, 3.8) is 0 Å². The average Bonchev–Trinajstić information content (AvgIpc) is 2.90. The highest BCUT2D eigenvalue weighted by molar-refractivity contribution is 5.18. The molecule has 0 radical (unpaired) electrons. The van der Waals surface area contributed by atoms with Crippen LogP contribution in [0.5, 0.6) is 0 Å². The Labute approximate surface area is 102 Å². The largest absolute Gasteiger partial charge is 0.347 e. The highest BCUT2D eigenvalue weighted by Gasteiger charge is 2.14. The van der Waals surface area contributed by atoms with Crippen LogP contribution < -0.4 is 5.32 Å². The van der Waals surface area contributed by atoms with E-state index in [1.54, 1.807) is 6.20 Å². The smallest absolute Gasteiger partial charge is 0.123 e. The van der Waals surface area contributed by atoms with E-state index in [9.17, 15) is 0 Å². The van der Waals surface area contributed by atoms with E-state index in [4.69, 9.17) is 0 Å². The molecule has 3 nitrogen and oxygen atoms in total. The van der Waals surface area contributed by atoms with Crippen LogP contribution in [0.1, 0.15) is 43.7 Å². The molecule has 0 amide bonds. The van der Waals surface area contributed by atoms with Crippen LogP contribution in [0.15, 0.2) is 42.7 Å². The van der Waals surface area contributed by atoms with Crippen LogP contribution in [0.25, 0.3) is 0 Å². The van der Waals surface area contributed by atoms with Gasteiger partial charge in [-0.1, -0.05) is 37.3 Å². The summed E-state index contributed by atoms with van der Waals surface area (Å²) in [6.45, 7) is 4.35. The fourth-order valence-electron chi connectivity index (χ4n) is 2.00. The van der Waals surface area contributed by atoms with Gasteiger partial charge >= 0.3 is 0 Å². The van der Waals surface area contributed by atoms with Crippen LogP contribution in [0.3, 0.4) is 0 Å². The third-order valence-electron chi connectivity index (χ3n) is 3.01. The highest BCUT2D eigenvalue weighted by atomic mass is 15.0. The van der Waals surface area contributed by atoms with Gasteiger partial charge in [-0.05, 0) is 18.9 Å². The average molecular weight is 229 g/mol. The van der Waals surface area contributed by atoms with Crippen molar-refractivity contribution in [3.05, 3.63) is 54.1 Å². The second kappa shape index (κ2) is 5.64. The Bertz CT molecular complexity index is 422. The molecule has 17 heavy (non-hydrogen) atoms. The number of benzene rings is 1. The van der Waals surface area contributed by atoms with E-state index in [0.717, 1.165) is 12.2 Å². The summed E-state index contributed by atoms with van der Waals surface area (Å²) in [6.07, 6.45) is 4.68. The number of nitrogens with one attached hydrogen (secondary N) is 2. The number of rotatable bonds is 5. The Morgan fingerprint density at radius 3 is 2.65 bits per heavy atom. The van der Waals surface area contributed by atoms with E-state index in [0.29, 0.717) is 6.04 Å². The molecule has 0 aliphatic rings. The van der Waals surface area contributed by atoms with Crippen molar-refractivity contribution in [1.82, 2.24) is 15.3 Å². The molecular weight excluding hydrogens is 210 g/mol. The molecule has 0 fully saturated rings. The van der Waals surface area contributed by atoms with Gasteiger partial charge in [-0.3, -0.25) is 0 Å². The first kappa shape index (κ1) is 11.9. The van der Waals surface area contributed by atoms with Crippen LogP contribution in [0.4, 0.5) is 0 Å². The Kier molecular flexibility index (Phi) is 3.94. The Morgan fingerprint density at radius 2 is 2.06 bits per heavy atom. The molecule has 1 aromatic carbocycles. The summed E-state index contributed by atoms with van der Waals surface area (Å²) in [5.41, 5.74) is 1.30. The van der Waals surface area contributed by atoms with Gasteiger partial charge in [-0.2, -0.15) is 0 Å². The van der Waals surface area contributed by atoms with Gasteiger partial charge in [0.15, 0.2) is 0 Å². The topological polar surface area (TPSA) is 40.7 Å². The van der Waals surface area contributed by atoms with E-state index in [-0.39, 0.29) is 6.04 Å². The SMILES string of the molecule is CCC(NC(C)c1ccccc1)c1ncc[nH]1. The molecular formula is C14H19N3. The quantitative estimate of drug-likeness (QED) is 0.826. The van der Waals surface area contributed by atoms with Gasteiger partial charge in [0, 0.05) is 18.4 Å². The summed E-state index contributed by atoms with van der Waals surface area (Å²) >= 11 is 0. The molecule has 0 spiro atoms. The first-order chi connectivity index (χ1) is 8.31. The maximum atomic E-state index is 4.32. The van der Waals surface area contributed by atoms with Gasteiger partial charge in [0.25, 0.3) is 0 Å². The molecule has 3 heteroatoms. The van der Waals surface area contributed by atoms with Crippen molar-refractivity contribution in [2.75, 3.05) is 0 Å². The maximum Gasteiger partial charge on any atom is 0.123 e. The van der Waals surface area contributed by atoms with E-state index >= 15 is 0 Å². The molecule has 2 atom stereocenters. The van der Waals surface area contributed by atoms with Crippen LogP contribution in [-0.4, -0.2) is 9.97 Å². The monoisotopic (exact) mass is 229 g/mol. The van der Waals surface area contributed by atoms with E-state index in [1.165, 1.54) is 5.56 Å². The number of nitrogens with zero attached hydrogens (tertiary/aromatic N) is 1. The lowest BCUT2D eigenvalue weighted by Crippen LogP contribution is -2.25. The maximum absolute atomic E-state index is 4.32. The number of hydrogen-bond donors (Lipinski definition) is 2. The van der Waals surface area contributed by atoms with Crippen LogP contribution >= 0.6 is 0 Å². The summed E-state index contributed by atoms with van der Waals surface area (Å²) in [5, 5.41) is 3.59. The minimum atomic E-state index is 0.278. The van der Waals surface area contributed by atoms with Crippen molar-refractivity contribution in [3.8, 4) is 0 Å². The van der Waals surface area contributed by atoms with Gasteiger partial charge in [0.1, 0.15) is 5.82 Å². The van der Waals surface area contributed by atoms with E-state index in [1.807, 2.05) is 12.3 Å². The zero-order valence-electron chi connectivity index (χ0n) is 10.4. The van der Waals surface area contributed by atoms with E-state index < -0.39 is 0 Å². The summed E-state index contributed by atoms with van der Waals surface area (Å²) < 4.78 is 0. The normalized spacial score (nSPS) is 14.5. The predicted octanol–water partition coefficient (Wildman–Crippen LogP) is 3.21. The van der Waals surface area contributed by atoms with Crippen LogP contribution in [-0.2, 0) is 0 Å². The standard InChI is InChI=1S/C14H19N3/c1-3-13(14-15-9-10-16-14)17-11(2)12-7-5-4-6-8-12/h4-11,13,17H,3H2,1-2H3,(H,15,16). The number of aromatic amines is 1. The summed E-state index contributed by atoms with van der Waals surface area (Å²) in [7, 11) is 0. The van der Waals surface area contributed by atoms with Crippen molar-refractivity contribution in [2.45, 2.75) is 32.4 Å². The molecule has 2 rings (SSSR count). The Balaban J connectivity index is 2.05. The van der Waals surface area contributed by atoms with Gasteiger partial charge < -0.3 is 10.3 Å². The number of hydrogen-bond acceptors (Lipinski definition) is 2. The van der Waals surface area contributed by atoms with Gasteiger partial charge in [0.2, 0.25) is 0 Å². The predicted molar refractivity (Wildman–Crippen MR) is 69.6 cm³/mol. The molecule has 0 aliphatic heterocycles. The number of imidazole rings is 1. The summed E-state index contributed by atoms with van der Waals surface area (Å²) in [6, 6.07) is 11.1. The molecule has 1 heterocycles. The number of H-pyrrole nitrogens is 1. The van der Waals surface area contributed by atoms with Crippen LogP contribution in [0, 0.1) is 0 Å². The molecule has 2 aromatic rings. The lowest BCUT2D eigenvalue weighted by Gasteiger charge is -2.21. The van der Waals surface area contributed by atoms with Crippen molar-refractivity contribution >= 4 is 0 Å². The first-order valence-corrected chi connectivity index (χ1v) is 6.11. The summed E-state index contributed by atoms with van der Waals surface area (Å²) in [5.74, 6) is 1.01. The zero-order valence-corrected chi connectivity index (χ0v) is 10.4. The third-order valence-corrected chi connectivity index (χ3v) is 3.01. The Morgan fingerprint density at radius 1 is 1.29 bits per heavy atom. The lowest BCUT2D eigenvalue weighted by molar-refractivity contribution is 0.441. The minimum Gasteiger partial charge on any atom is -0.347 e. The highest BCUT2D eigenvalue weighted by Crippen LogP contribution is 2.19. The number of aromatic nitrogens is 2. The fourth-order valence-corrected chi connectivity index (χ4v) is 2.00. The van der Waals surface area contributed by atoms with Crippen LogP contribution in [0.2, 0.25) is 0 Å². The molecule has 0 bridgehead atoms. The summed E-state index contributed by atoms with van der Waals surface area (Å²) in [4.78, 5) is 7.49.